The van der Waals surface area contributed by atoms with E-state index in [1.807, 2.05) is 30.3 Å². The predicted molar refractivity (Wildman–Crippen MR) is 42.1 cm³/mol. The van der Waals surface area contributed by atoms with Crippen molar-refractivity contribution in [1.29, 1.82) is 0 Å². The van der Waals surface area contributed by atoms with Gasteiger partial charge in [0.05, 0.1) is 0 Å². The van der Waals surface area contributed by atoms with E-state index in [1.54, 1.807) is 0 Å². The van der Waals surface area contributed by atoms with Crippen LogP contribution in [0.2, 0.25) is 0 Å². The molecular weight excluding hydrogens is 147 g/mol. The topological polar surface area (TPSA) is 9.23 Å². The maximum Gasteiger partial charge on any atom is 1.00 e. The van der Waals surface area contributed by atoms with Crippen LogP contribution in [-0.4, -0.2) is 13.2 Å². The van der Waals surface area contributed by atoms with Crippen LogP contribution in [0.5, 0.6) is 0 Å². The summed E-state index contributed by atoms with van der Waals surface area (Å²) in [7, 11) is 0. The van der Waals surface area contributed by atoms with Crippen molar-refractivity contribution in [3.05, 3.63) is 30.3 Å². The molecule has 2 rings (SSSR count). The van der Waals surface area contributed by atoms with Crippen LogP contribution in [0.1, 0.15) is 12.8 Å². The molecule has 1 aromatic carbocycles. The average molecular weight is 160 g/mol. The van der Waals surface area contributed by atoms with Crippen LogP contribution in [0.3, 0.4) is 0 Å². The fourth-order valence-electron chi connectivity index (χ4n) is 0.831. The zero-order chi connectivity index (χ0) is 7.07. The van der Waals surface area contributed by atoms with Gasteiger partial charge in [0.2, 0.25) is 0 Å². The van der Waals surface area contributed by atoms with E-state index in [-0.39, 0.29) is 29.6 Å². The van der Waals surface area contributed by atoms with Crippen LogP contribution in [0.4, 0.5) is 0 Å². The third-order valence-corrected chi connectivity index (χ3v) is 1.38. The Labute approximate surface area is 90.4 Å². The molecule has 0 spiro atoms. The standard InChI is InChI=1S/C5H5.C4H8O.Na/c2*1-2-4-5-3-1;/h1-5H;1-4H2;/q-1;;+1. The van der Waals surface area contributed by atoms with E-state index in [0.29, 0.717) is 0 Å². The molecule has 1 aliphatic heterocycles. The molecule has 56 valence electrons. The molecule has 0 aliphatic carbocycles. The Balaban J connectivity index is 0.000000167. The van der Waals surface area contributed by atoms with Crippen molar-refractivity contribution in [2.24, 2.45) is 0 Å². The largest absolute Gasteiger partial charge is 1.00 e. The predicted octanol–water partition coefficient (Wildman–Crippen LogP) is -0.794. The molecule has 1 nitrogen and oxygen atoms in total. The van der Waals surface area contributed by atoms with Crippen molar-refractivity contribution in [1.82, 2.24) is 0 Å². The van der Waals surface area contributed by atoms with E-state index >= 15 is 0 Å². The summed E-state index contributed by atoms with van der Waals surface area (Å²) in [6, 6.07) is 10.0. The molecule has 1 aliphatic rings. The Hall–Kier alpha value is 0.310. The summed E-state index contributed by atoms with van der Waals surface area (Å²) < 4.78 is 4.94. The molecule has 0 aromatic heterocycles. The van der Waals surface area contributed by atoms with Gasteiger partial charge in [-0.15, -0.1) is 0 Å². The van der Waals surface area contributed by atoms with Gasteiger partial charge in [-0.05, 0) is 12.8 Å². The van der Waals surface area contributed by atoms with E-state index < -0.39 is 0 Å². The minimum atomic E-state index is 0. The van der Waals surface area contributed by atoms with Crippen LogP contribution in [-0.2, 0) is 4.74 Å². The average Bonchev–Trinajstić information content (AvgIpc) is 2.67. The van der Waals surface area contributed by atoms with Crippen LogP contribution in [0, 0.1) is 0 Å². The fraction of sp³-hybridized carbons (Fsp3) is 0.444. The molecule has 1 saturated heterocycles. The zero-order valence-electron chi connectivity index (χ0n) is 7.12. The van der Waals surface area contributed by atoms with E-state index in [1.165, 1.54) is 12.8 Å². The number of hydrogen-bond donors (Lipinski definition) is 0. The van der Waals surface area contributed by atoms with Crippen molar-refractivity contribution >= 4 is 0 Å². The molecule has 1 heterocycles. The van der Waals surface area contributed by atoms with Gasteiger partial charge in [0.15, 0.2) is 0 Å². The molecule has 0 bridgehead atoms. The summed E-state index contributed by atoms with van der Waals surface area (Å²) in [5, 5.41) is 0. The van der Waals surface area contributed by atoms with E-state index in [2.05, 4.69) is 0 Å². The van der Waals surface area contributed by atoms with Crippen LogP contribution in [0.15, 0.2) is 30.3 Å². The minimum absolute atomic E-state index is 0. The second-order valence-corrected chi connectivity index (χ2v) is 2.28. The normalized spacial score (nSPS) is 14.5. The van der Waals surface area contributed by atoms with E-state index in [4.69, 9.17) is 4.74 Å². The van der Waals surface area contributed by atoms with Gasteiger partial charge in [-0.1, -0.05) is 0 Å². The summed E-state index contributed by atoms with van der Waals surface area (Å²) in [6.45, 7) is 2.00. The van der Waals surface area contributed by atoms with Crippen molar-refractivity contribution in [2.75, 3.05) is 13.2 Å². The molecule has 0 amide bonds. The second kappa shape index (κ2) is 8.41. The second-order valence-electron chi connectivity index (χ2n) is 2.28. The molecule has 0 radical (unpaired) electrons. The summed E-state index contributed by atoms with van der Waals surface area (Å²) in [5.41, 5.74) is 0. The van der Waals surface area contributed by atoms with Gasteiger partial charge in [0.1, 0.15) is 0 Å². The van der Waals surface area contributed by atoms with Gasteiger partial charge in [-0.3, -0.25) is 0 Å². The monoisotopic (exact) mass is 160 g/mol. The summed E-state index contributed by atoms with van der Waals surface area (Å²) in [4.78, 5) is 0. The Morgan fingerprint density at radius 2 is 1.55 bits per heavy atom. The maximum atomic E-state index is 4.94. The fourth-order valence-corrected chi connectivity index (χ4v) is 0.831. The van der Waals surface area contributed by atoms with Gasteiger partial charge in [0.25, 0.3) is 0 Å². The molecule has 0 atom stereocenters. The van der Waals surface area contributed by atoms with E-state index in [9.17, 15) is 0 Å². The zero-order valence-corrected chi connectivity index (χ0v) is 9.12. The Bertz CT molecular complexity index is 108. The molecule has 0 unspecified atom stereocenters. The van der Waals surface area contributed by atoms with Crippen molar-refractivity contribution < 1.29 is 34.3 Å². The number of hydrogen-bond acceptors (Lipinski definition) is 1. The molecule has 2 heteroatoms. The van der Waals surface area contributed by atoms with E-state index in [0.717, 1.165) is 13.2 Å². The molecular formula is C9H13NaO. The SMILES string of the molecule is C1CCOC1.[Na+].c1cc[cH-]c1. The van der Waals surface area contributed by atoms with Gasteiger partial charge in [-0.2, -0.15) is 18.2 Å². The first-order valence-corrected chi connectivity index (χ1v) is 3.74. The summed E-state index contributed by atoms with van der Waals surface area (Å²) in [5.74, 6) is 0. The first kappa shape index (κ1) is 11.3. The minimum Gasteiger partial charge on any atom is -0.381 e. The number of ether oxygens (including phenoxy) is 1. The number of rotatable bonds is 0. The summed E-state index contributed by atoms with van der Waals surface area (Å²) >= 11 is 0. The smallest absolute Gasteiger partial charge is 0.381 e. The van der Waals surface area contributed by atoms with Gasteiger partial charge in [0, 0.05) is 13.2 Å². The first-order valence-electron chi connectivity index (χ1n) is 3.74. The molecule has 11 heavy (non-hydrogen) atoms. The Morgan fingerprint density at radius 1 is 1.00 bits per heavy atom. The van der Waals surface area contributed by atoms with Gasteiger partial charge < -0.3 is 4.74 Å². The molecule has 0 saturated carbocycles. The van der Waals surface area contributed by atoms with Gasteiger partial charge in [-0.25, -0.2) is 12.1 Å². The first-order chi connectivity index (χ1) is 5.00. The third-order valence-electron chi connectivity index (χ3n) is 1.38. The summed E-state index contributed by atoms with van der Waals surface area (Å²) in [6.07, 6.45) is 2.56. The van der Waals surface area contributed by atoms with Crippen LogP contribution < -0.4 is 29.6 Å². The van der Waals surface area contributed by atoms with Crippen LogP contribution >= 0.6 is 0 Å². The Morgan fingerprint density at radius 3 is 1.73 bits per heavy atom. The Kier molecular flexibility index (Phi) is 8.64. The molecule has 1 fully saturated rings. The maximum absolute atomic E-state index is 4.94. The quantitative estimate of drug-likeness (QED) is 0.357. The third kappa shape index (κ3) is 6.70. The van der Waals surface area contributed by atoms with Gasteiger partial charge >= 0.3 is 29.6 Å². The van der Waals surface area contributed by atoms with Crippen molar-refractivity contribution in [3.63, 3.8) is 0 Å². The van der Waals surface area contributed by atoms with Crippen LogP contribution in [0.25, 0.3) is 0 Å². The van der Waals surface area contributed by atoms with Crippen molar-refractivity contribution in [3.8, 4) is 0 Å². The molecule has 0 N–H and O–H groups in total. The molecule has 1 aromatic rings. The van der Waals surface area contributed by atoms with Crippen molar-refractivity contribution in [2.45, 2.75) is 12.8 Å².